The van der Waals surface area contributed by atoms with E-state index < -0.39 is 0 Å². The molecule has 0 saturated carbocycles. The van der Waals surface area contributed by atoms with Crippen molar-refractivity contribution < 1.29 is 0 Å². The molecule has 0 radical (unpaired) electrons. The molecule has 0 fully saturated rings. The minimum Gasteiger partial charge on any atom is -0.369 e. The van der Waals surface area contributed by atoms with Gasteiger partial charge in [-0.3, -0.25) is 4.98 Å². The maximum atomic E-state index is 5.87. The summed E-state index contributed by atoms with van der Waals surface area (Å²) >= 11 is 0. The number of pyridine rings is 1. The number of anilines is 1. The Kier molecular flexibility index (Phi) is 3.80. The number of nitrogen functional groups attached to an aromatic ring is 1. The minimum absolute atomic E-state index is 0.364. The number of rotatable bonds is 4. The molecule has 0 aliphatic heterocycles. The lowest BCUT2D eigenvalue weighted by Gasteiger charge is -2.04. The van der Waals surface area contributed by atoms with Crippen LogP contribution in [-0.2, 0) is 0 Å². The standard InChI is InChI=1S/C17H18N6/c1-4-23-13(8-9-19-23)10-11(2)15-16(22-17(18)21-15)14-7-5-6-12(3)20-14/h4-10H,1H2,2-3H3,(H3,18,21,22)/b11-10+. The summed E-state index contributed by atoms with van der Waals surface area (Å²) < 4.78 is 1.70. The number of aromatic amines is 1. The van der Waals surface area contributed by atoms with Crippen molar-refractivity contribution in [2.45, 2.75) is 13.8 Å². The maximum Gasteiger partial charge on any atom is 0.198 e. The molecular formula is C17H18N6. The lowest BCUT2D eigenvalue weighted by Crippen LogP contribution is -1.93. The Morgan fingerprint density at radius 1 is 1.30 bits per heavy atom. The average Bonchev–Trinajstić information content (AvgIpc) is 3.13. The SMILES string of the molecule is C=Cn1nccc1/C=C(\C)c1nc(N)[nH]c1-c1cccc(C)n1. The predicted octanol–water partition coefficient (Wildman–Crippen LogP) is 3.22. The van der Waals surface area contributed by atoms with Crippen LogP contribution in [0.15, 0.2) is 37.0 Å². The van der Waals surface area contributed by atoms with Crippen molar-refractivity contribution >= 4 is 23.8 Å². The molecule has 116 valence electrons. The van der Waals surface area contributed by atoms with E-state index in [1.807, 2.05) is 44.2 Å². The average molecular weight is 306 g/mol. The third-order valence-electron chi connectivity index (χ3n) is 3.48. The van der Waals surface area contributed by atoms with E-state index in [1.54, 1.807) is 17.1 Å². The predicted molar refractivity (Wildman–Crippen MR) is 93.1 cm³/mol. The van der Waals surface area contributed by atoms with Crippen LogP contribution in [0.1, 0.15) is 24.0 Å². The van der Waals surface area contributed by atoms with Crippen LogP contribution in [0, 0.1) is 6.92 Å². The van der Waals surface area contributed by atoms with Gasteiger partial charge in [0.05, 0.1) is 22.8 Å². The number of hydrogen-bond donors (Lipinski definition) is 2. The lowest BCUT2D eigenvalue weighted by atomic mass is 10.1. The fourth-order valence-corrected chi connectivity index (χ4v) is 2.43. The maximum absolute atomic E-state index is 5.87. The van der Waals surface area contributed by atoms with E-state index in [2.05, 4.69) is 26.6 Å². The van der Waals surface area contributed by atoms with E-state index in [-0.39, 0.29) is 0 Å². The van der Waals surface area contributed by atoms with Crippen LogP contribution in [0.4, 0.5) is 5.95 Å². The molecule has 6 nitrogen and oxygen atoms in total. The Hall–Kier alpha value is -3.15. The first-order valence-corrected chi connectivity index (χ1v) is 7.22. The van der Waals surface area contributed by atoms with Gasteiger partial charge >= 0.3 is 0 Å². The summed E-state index contributed by atoms with van der Waals surface area (Å²) in [6, 6.07) is 7.76. The molecule has 0 amide bonds. The highest BCUT2D eigenvalue weighted by Crippen LogP contribution is 2.27. The van der Waals surface area contributed by atoms with Gasteiger partial charge in [-0.15, -0.1) is 0 Å². The van der Waals surface area contributed by atoms with Gasteiger partial charge in [-0.2, -0.15) is 5.10 Å². The molecule has 3 rings (SSSR count). The van der Waals surface area contributed by atoms with Crippen molar-refractivity contribution in [3.63, 3.8) is 0 Å². The molecule has 3 N–H and O–H groups in total. The third kappa shape index (κ3) is 2.91. The molecule has 6 heteroatoms. The van der Waals surface area contributed by atoms with Gasteiger partial charge in [0.15, 0.2) is 5.95 Å². The van der Waals surface area contributed by atoms with Crippen LogP contribution in [0.3, 0.4) is 0 Å². The molecule has 0 aliphatic carbocycles. The monoisotopic (exact) mass is 306 g/mol. The normalized spacial score (nSPS) is 11.7. The van der Waals surface area contributed by atoms with Gasteiger partial charge in [0.1, 0.15) is 0 Å². The Bertz CT molecular complexity index is 884. The van der Waals surface area contributed by atoms with Crippen molar-refractivity contribution in [3.05, 3.63) is 54.1 Å². The molecule has 0 atom stereocenters. The summed E-state index contributed by atoms with van der Waals surface area (Å²) in [4.78, 5) is 12.1. The van der Waals surface area contributed by atoms with Crippen molar-refractivity contribution in [3.8, 4) is 11.4 Å². The van der Waals surface area contributed by atoms with Gasteiger partial charge in [-0.05, 0) is 43.7 Å². The van der Waals surface area contributed by atoms with E-state index in [0.29, 0.717) is 5.95 Å². The lowest BCUT2D eigenvalue weighted by molar-refractivity contribution is 0.926. The molecule has 0 unspecified atom stereocenters. The Balaban J connectivity index is 2.08. The number of nitrogens with one attached hydrogen (secondary N) is 1. The van der Waals surface area contributed by atoms with Crippen LogP contribution >= 0.6 is 0 Å². The van der Waals surface area contributed by atoms with Crippen LogP contribution in [-0.4, -0.2) is 24.7 Å². The number of imidazole rings is 1. The number of aryl methyl sites for hydroxylation is 1. The zero-order valence-electron chi connectivity index (χ0n) is 13.1. The molecule has 0 aliphatic rings. The van der Waals surface area contributed by atoms with Crippen molar-refractivity contribution in [2.75, 3.05) is 5.73 Å². The number of allylic oxidation sites excluding steroid dienone is 1. The van der Waals surface area contributed by atoms with Crippen LogP contribution in [0.25, 0.3) is 29.2 Å². The molecule has 0 spiro atoms. The molecule has 0 saturated heterocycles. The minimum atomic E-state index is 0.364. The van der Waals surface area contributed by atoms with E-state index in [1.165, 1.54) is 0 Å². The van der Waals surface area contributed by atoms with E-state index >= 15 is 0 Å². The summed E-state index contributed by atoms with van der Waals surface area (Å²) in [7, 11) is 0. The van der Waals surface area contributed by atoms with Crippen LogP contribution in [0.2, 0.25) is 0 Å². The topological polar surface area (TPSA) is 85.4 Å². The molecule has 3 aromatic rings. The van der Waals surface area contributed by atoms with Crippen molar-refractivity contribution in [1.29, 1.82) is 0 Å². The zero-order valence-corrected chi connectivity index (χ0v) is 13.1. The smallest absolute Gasteiger partial charge is 0.198 e. The quantitative estimate of drug-likeness (QED) is 0.775. The Morgan fingerprint density at radius 2 is 2.13 bits per heavy atom. The highest BCUT2D eigenvalue weighted by Gasteiger charge is 2.14. The van der Waals surface area contributed by atoms with Gasteiger partial charge < -0.3 is 10.7 Å². The first-order valence-electron chi connectivity index (χ1n) is 7.22. The number of nitrogens with two attached hydrogens (primary N) is 1. The van der Waals surface area contributed by atoms with Gasteiger partial charge in [0, 0.05) is 18.1 Å². The number of aromatic nitrogens is 5. The van der Waals surface area contributed by atoms with Crippen molar-refractivity contribution in [2.24, 2.45) is 0 Å². The van der Waals surface area contributed by atoms with Crippen LogP contribution in [0.5, 0.6) is 0 Å². The Labute approximate surface area is 134 Å². The van der Waals surface area contributed by atoms with Gasteiger partial charge in [-0.25, -0.2) is 9.67 Å². The fraction of sp³-hybridized carbons (Fsp3) is 0.118. The van der Waals surface area contributed by atoms with Gasteiger partial charge in [0.25, 0.3) is 0 Å². The highest BCUT2D eigenvalue weighted by molar-refractivity contribution is 5.85. The molecular weight excluding hydrogens is 288 g/mol. The second kappa shape index (κ2) is 5.92. The molecule has 0 bridgehead atoms. The summed E-state index contributed by atoms with van der Waals surface area (Å²) in [5.41, 5.74) is 11.1. The second-order valence-electron chi connectivity index (χ2n) is 5.22. The first-order chi connectivity index (χ1) is 11.1. The van der Waals surface area contributed by atoms with Gasteiger partial charge in [0.2, 0.25) is 0 Å². The van der Waals surface area contributed by atoms with Crippen LogP contribution < -0.4 is 5.73 Å². The number of hydrogen-bond acceptors (Lipinski definition) is 4. The Morgan fingerprint density at radius 3 is 2.87 bits per heavy atom. The van der Waals surface area contributed by atoms with Gasteiger partial charge in [-0.1, -0.05) is 12.6 Å². The molecule has 23 heavy (non-hydrogen) atoms. The first kappa shape index (κ1) is 14.8. The van der Waals surface area contributed by atoms with E-state index in [4.69, 9.17) is 5.73 Å². The molecule has 3 heterocycles. The fourth-order valence-electron chi connectivity index (χ4n) is 2.43. The summed E-state index contributed by atoms with van der Waals surface area (Å²) in [6.45, 7) is 7.68. The second-order valence-corrected chi connectivity index (χ2v) is 5.22. The number of nitrogens with zero attached hydrogens (tertiary/aromatic N) is 4. The van der Waals surface area contributed by atoms with E-state index in [0.717, 1.165) is 34.0 Å². The summed E-state index contributed by atoms with van der Waals surface area (Å²) in [5, 5.41) is 4.17. The largest absolute Gasteiger partial charge is 0.369 e. The summed E-state index contributed by atoms with van der Waals surface area (Å²) in [5.74, 6) is 0.364. The molecule has 0 aromatic carbocycles. The zero-order chi connectivity index (χ0) is 16.4. The molecule has 3 aromatic heterocycles. The third-order valence-corrected chi connectivity index (χ3v) is 3.48. The van der Waals surface area contributed by atoms with E-state index in [9.17, 15) is 0 Å². The van der Waals surface area contributed by atoms with Crippen molar-refractivity contribution in [1.82, 2.24) is 24.7 Å². The number of H-pyrrole nitrogens is 1. The highest BCUT2D eigenvalue weighted by atomic mass is 15.3. The summed E-state index contributed by atoms with van der Waals surface area (Å²) in [6.07, 6.45) is 5.37.